The molecule has 0 spiro atoms. The standard InChI is InChI=1S/C48H93N3O6/c1-3-5-7-9-11-13-15-17-19-21-23-25-27-29-31-33-39-56-47(54)41-45(49-46(53)43-50-35-37-51(44-52)38-36-50)42-48(55)57-40-34-32-30-28-26-24-22-20-18-16-14-12-10-8-6-4-2/h45,52H,3-44H2,1-2H3,(H,49,53). The Hall–Kier alpha value is -1.71. The lowest BCUT2D eigenvalue weighted by molar-refractivity contribution is -0.146. The van der Waals surface area contributed by atoms with E-state index < -0.39 is 6.04 Å². The van der Waals surface area contributed by atoms with E-state index in [1.54, 1.807) is 0 Å². The van der Waals surface area contributed by atoms with Gasteiger partial charge in [-0.1, -0.05) is 206 Å². The van der Waals surface area contributed by atoms with E-state index in [0.717, 1.165) is 38.5 Å². The van der Waals surface area contributed by atoms with Gasteiger partial charge in [0.15, 0.2) is 0 Å². The van der Waals surface area contributed by atoms with Gasteiger partial charge in [-0.05, 0) is 12.8 Å². The number of carbonyl (C=O) groups is 3. The van der Waals surface area contributed by atoms with E-state index in [1.807, 2.05) is 9.80 Å². The Morgan fingerprint density at radius 3 is 1.04 bits per heavy atom. The lowest BCUT2D eigenvalue weighted by atomic mass is 10.0. The molecule has 336 valence electrons. The Morgan fingerprint density at radius 1 is 0.456 bits per heavy atom. The molecule has 0 saturated carbocycles. The summed E-state index contributed by atoms with van der Waals surface area (Å²) in [6.07, 6.45) is 41.3. The Balaban J connectivity index is 2.21. The molecule has 0 aromatic rings. The van der Waals surface area contributed by atoms with Crippen molar-refractivity contribution in [2.45, 2.75) is 238 Å². The molecule has 1 rings (SSSR count). The highest BCUT2D eigenvalue weighted by molar-refractivity contribution is 5.81. The first-order valence-electron chi connectivity index (χ1n) is 24.6. The van der Waals surface area contributed by atoms with Gasteiger partial charge in [-0.2, -0.15) is 0 Å². The van der Waals surface area contributed by atoms with Crippen LogP contribution >= 0.6 is 0 Å². The number of hydrogen-bond acceptors (Lipinski definition) is 8. The maximum absolute atomic E-state index is 13.0. The van der Waals surface area contributed by atoms with Gasteiger partial charge in [0.05, 0.1) is 39.3 Å². The topological polar surface area (TPSA) is 108 Å². The van der Waals surface area contributed by atoms with Gasteiger partial charge in [0.1, 0.15) is 0 Å². The molecular weight excluding hydrogens is 715 g/mol. The number of carbonyl (C=O) groups excluding carboxylic acids is 3. The number of aliphatic hydroxyl groups excluding tert-OH is 1. The summed E-state index contributed by atoms with van der Waals surface area (Å²) in [5.41, 5.74) is 0. The van der Waals surface area contributed by atoms with Crippen molar-refractivity contribution in [2.75, 3.05) is 52.7 Å². The second-order valence-corrected chi connectivity index (χ2v) is 17.3. The van der Waals surface area contributed by atoms with Crippen LogP contribution in [0.25, 0.3) is 0 Å². The summed E-state index contributed by atoms with van der Waals surface area (Å²) < 4.78 is 11.1. The summed E-state index contributed by atoms with van der Waals surface area (Å²) in [6, 6.07) is -0.659. The Bertz CT molecular complexity index is 861. The second kappa shape index (κ2) is 41.0. The van der Waals surface area contributed by atoms with Crippen LogP contribution < -0.4 is 5.32 Å². The summed E-state index contributed by atoms with van der Waals surface area (Å²) in [7, 11) is 0. The molecule has 0 aromatic heterocycles. The van der Waals surface area contributed by atoms with Crippen molar-refractivity contribution in [3.05, 3.63) is 0 Å². The van der Waals surface area contributed by atoms with Gasteiger partial charge >= 0.3 is 11.9 Å². The molecule has 1 aliphatic rings. The average Bonchev–Trinajstić information content (AvgIpc) is 3.20. The van der Waals surface area contributed by atoms with Crippen LogP contribution in [-0.2, 0) is 23.9 Å². The average molecular weight is 808 g/mol. The van der Waals surface area contributed by atoms with Crippen molar-refractivity contribution in [1.82, 2.24) is 15.1 Å². The van der Waals surface area contributed by atoms with Crippen LogP contribution in [0.5, 0.6) is 0 Å². The summed E-state index contributed by atoms with van der Waals surface area (Å²) in [5, 5.41) is 12.3. The normalized spacial score (nSPS) is 13.7. The largest absolute Gasteiger partial charge is 0.466 e. The van der Waals surface area contributed by atoms with E-state index in [0.29, 0.717) is 39.4 Å². The highest BCUT2D eigenvalue weighted by atomic mass is 16.5. The molecule has 1 amide bonds. The Kier molecular flexibility index (Phi) is 38.4. The first-order chi connectivity index (χ1) is 28.0. The number of esters is 2. The van der Waals surface area contributed by atoms with E-state index in [4.69, 9.17) is 9.47 Å². The van der Waals surface area contributed by atoms with Crippen molar-refractivity contribution in [3.8, 4) is 0 Å². The van der Waals surface area contributed by atoms with E-state index in [2.05, 4.69) is 19.2 Å². The van der Waals surface area contributed by atoms with E-state index in [9.17, 15) is 19.5 Å². The van der Waals surface area contributed by atoms with E-state index in [-0.39, 0.29) is 44.0 Å². The molecule has 2 N–H and O–H groups in total. The highest BCUT2D eigenvalue weighted by Gasteiger charge is 2.24. The highest BCUT2D eigenvalue weighted by Crippen LogP contribution is 2.16. The molecular formula is C48H93N3O6. The maximum atomic E-state index is 13.0. The Morgan fingerprint density at radius 2 is 0.737 bits per heavy atom. The number of rotatable bonds is 42. The third-order valence-corrected chi connectivity index (χ3v) is 11.7. The number of hydrogen-bond donors (Lipinski definition) is 2. The monoisotopic (exact) mass is 808 g/mol. The van der Waals surface area contributed by atoms with Crippen molar-refractivity contribution in [3.63, 3.8) is 0 Å². The van der Waals surface area contributed by atoms with Crippen LogP contribution in [0.3, 0.4) is 0 Å². The number of ether oxygens (including phenoxy) is 2. The lowest BCUT2D eigenvalue weighted by Gasteiger charge is -2.33. The third-order valence-electron chi connectivity index (χ3n) is 11.7. The molecule has 9 nitrogen and oxygen atoms in total. The van der Waals surface area contributed by atoms with Crippen LogP contribution in [-0.4, -0.2) is 91.5 Å². The quantitative estimate of drug-likeness (QED) is 0.0464. The summed E-state index contributed by atoms with van der Waals surface area (Å²) in [5.74, 6) is -0.986. The lowest BCUT2D eigenvalue weighted by Crippen LogP contribution is -2.51. The van der Waals surface area contributed by atoms with Gasteiger partial charge in [0, 0.05) is 32.2 Å². The number of piperazine rings is 1. The van der Waals surface area contributed by atoms with Gasteiger partial charge in [-0.15, -0.1) is 0 Å². The second-order valence-electron chi connectivity index (χ2n) is 17.3. The van der Waals surface area contributed by atoms with E-state index >= 15 is 0 Å². The zero-order valence-corrected chi connectivity index (χ0v) is 37.7. The van der Waals surface area contributed by atoms with Crippen molar-refractivity contribution in [1.29, 1.82) is 0 Å². The van der Waals surface area contributed by atoms with E-state index in [1.165, 1.54) is 167 Å². The van der Waals surface area contributed by atoms with Gasteiger partial charge in [0.2, 0.25) is 5.91 Å². The molecule has 0 aliphatic carbocycles. The minimum Gasteiger partial charge on any atom is -0.466 e. The number of nitrogens with zero attached hydrogens (tertiary/aromatic N) is 2. The molecule has 1 aliphatic heterocycles. The SMILES string of the molecule is CCCCCCCCCCCCCCCCCCOC(=O)CC(CC(=O)OCCCCCCCCCCCCCCCCCC)NC(=O)CN1CCN(CO)CC1. The number of aliphatic hydroxyl groups is 1. The van der Waals surface area contributed by atoms with Crippen molar-refractivity contribution >= 4 is 17.8 Å². The molecule has 57 heavy (non-hydrogen) atoms. The van der Waals surface area contributed by atoms with Crippen molar-refractivity contribution in [2.24, 2.45) is 0 Å². The molecule has 9 heteroatoms. The fourth-order valence-electron chi connectivity index (χ4n) is 7.93. The first kappa shape index (κ1) is 53.3. The van der Waals surface area contributed by atoms with Crippen LogP contribution in [0.2, 0.25) is 0 Å². The van der Waals surface area contributed by atoms with Crippen LogP contribution in [0.15, 0.2) is 0 Å². The molecule has 1 heterocycles. The third kappa shape index (κ3) is 35.9. The van der Waals surface area contributed by atoms with Crippen molar-refractivity contribution < 1.29 is 29.0 Å². The molecule has 0 atom stereocenters. The molecule has 0 unspecified atom stereocenters. The summed E-state index contributed by atoms with van der Waals surface area (Å²) >= 11 is 0. The van der Waals surface area contributed by atoms with Gasteiger partial charge in [-0.25, -0.2) is 0 Å². The molecule has 0 aromatic carbocycles. The number of amides is 1. The summed E-state index contributed by atoms with van der Waals surface area (Å²) in [6.45, 7) is 8.26. The first-order valence-corrected chi connectivity index (χ1v) is 24.6. The zero-order valence-electron chi connectivity index (χ0n) is 37.7. The molecule has 1 saturated heterocycles. The maximum Gasteiger partial charge on any atom is 0.307 e. The van der Waals surface area contributed by atoms with Crippen LogP contribution in [0.1, 0.15) is 232 Å². The fourth-order valence-corrected chi connectivity index (χ4v) is 7.93. The van der Waals surface area contributed by atoms with Gasteiger partial charge < -0.3 is 19.9 Å². The predicted molar refractivity (Wildman–Crippen MR) is 237 cm³/mol. The number of unbranched alkanes of at least 4 members (excludes halogenated alkanes) is 30. The minimum atomic E-state index is -0.659. The summed E-state index contributed by atoms with van der Waals surface area (Å²) in [4.78, 5) is 42.5. The van der Waals surface area contributed by atoms with Gasteiger partial charge in [-0.3, -0.25) is 24.2 Å². The molecule has 1 fully saturated rings. The van der Waals surface area contributed by atoms with Crippen LogP contribution in [0.4, 0.5) is 0 Å². The smallest absolute Gasteiger partial charge is 0.307 e. The minimum absolute atomic E-state index is 0.0191. The Labute approximate surface area is 351 Å². The van der Waals surface area contributed by atoms with Crippen LogP contribution in [0, 0.1) is 0 Å². The fraction of sp³-hybridized carbons (Fsp3) is 0.938. The molecule has 0 bridgehead atoms. The van der Waals surface area contributed by atoms with Gasteiger partial charge in [0.25, 0.3) is 0 Å². The zero-order chi connectivity index (χ0) is 41.3. The number of nitrogens with one attached hydrogen (secondary N) is 1. The predicted octanol–water partition coefficient (Wildman–Crippen LogP) is 11.4. The molecule has 0 radical (unpaired) electrons.